The van der Waals surface area contributed by atoms with Crippen molar-refractivity contribution in [2.75, 3.05) is 11.9 Å². The molecule has 0 aliphatic rings. The SMILES string of the molecule is C[C@H]([NH2+]CC(=O)Nc1ccc(C(N)=O)cc1)c1ccc(Cl)cc1. The summed E-state index contributed by atoms with van der Waals surface area (Å²) in [4.78, 5) is 23.0. The summed E-state index contributed by atoms with van der Waals surface area (Å²) < 4.78 is 0. The highest BCUT2D eigenvalue weighted by Crippen LogP contribution is 2.13. The van der Waals surface area contributed by atoms with Gasteiger partial charge in [0.1, 0.15) is 6.04 Å². The number of amides is 2. The first-order valence-corrected chi connectivity index (χ1v) is 7.62. The van der Waals surface area contributed by atoms with E-state index in [0.717, 1.165) is 5.56 Å². The van der Waals surface area contributed by atoms with Crippen molar-refractivity contribution in [3.8, 4) is 0 Å². The molecule has 5 nitrogen and oxygen atoms in total. The fraction of sp³-hybridized carbons (Fsp3) is 0.176. The molecule has 0 saturated carbocycles. The molecular weight excluding hydrogens is 314 g/mol. The van der Waals surface area contributed by atoms with Crippen LogP contribution in [0.1, 0.15) is 28.9 Å². The number of quaternary nitrogens is 1. The van der Waals surface area contributed by atoms with Gasteiger partial charge in [-0.15, -0.1) is 0 Å². The minimum absolute atomic E-state index is 0.113. The van der Waals surface area contributed by atoms with Gasteiger partial charge in [0, 0.05) is 21.8 Å². The van der Waals surface area contributed by atoms with Crippen molar-refractivity contribution < 1.29 is 14.9 Å². The molecule has 0 heterocycles. The lowest BCUT2D eigenvalue weighted by atomic mass is 10.1. The maximum atomic E-state index is 12.0. The van der Waals surface area contributed by atoms with E-state index in [4.69, 9.17) is 17.3 Å². The van der Waals surface area contributed by atoms with Gasteiger partial charge >= 0.3 is 0 Å². The molecule has 2 aromatic rings. The molecule has 0 aliphatic carbocycles. The first-order chi connectivity index (χ1) is 11.0. The average Bonchev–Trinajstić information content (AvgIpc) is 2.54. The van der Waals surface area contributed by atoms with Gasteiger partial charge in [-0.25, -0.2) is 0 Å². The standard InChI is InChI=1S/C17H18ClN3O2/c1-11(12-2-6-14(18)7-3-12)20-10-16(22)21-15-8-4-13(5-9-15)17(19)23/h2-9,11,20H,10H2,1H3,(H2,19,23)(H,21,22)/p+1/t11-/m0/s1. The number of nitrogens with two attached hydrogens (primary N) is 2. The molecule has 2 aromatic carbocycles. The number of hydrogen-bond donors (Lipinski definition) is 3. The molecule has 0 saturated heterocycles. The highest BCUT2D eigenvalue weighted by molar-refractivity contribution is 6.30. The molecule has 2 rings (SSSR count). The quantitative estimate of drug-likeness (QED) is 0.751. The van der Waals surface area contributed by atoms with Crippen molar-refractivity contribution in [1.82, 2.24) is 0 Å². The molecule has 120 valence electrons. The van der Waals surface area contributed by atoms with E-state index >= 15 is 0 Å². The Hall–Kier alpha value is -2.37. The fourth-order valence-corrected chi connectivity index (χ4v) is 2.24. The number of rotatable bonds is 6. The van der Waals surface area contributed by atoms with Crippen LogP contribution >= 0.6 is 11.6 Å². The van der Waals surface area contributed by atoms with Crippen LogP contribution in [-0.4, -0.2) is 18.4 Å². The lowest BCUT2D eigenvalue weighted by Gasteiger charge is -2.11. The van der Waals surface area contributed by atoms with Gasteiger partial charge in [0.15, 0.2) is 6.54 Å². The topological polar surface area (TPSA) is 88.8 Å². The summed E-state index contributed by atoms with van der Waals surface area (Å²) in [5.41, 5.74) is 7.32. The first-order valence-electron chi connectivity index (χ1n) is 7.24. The minimum Gasteiger partial charge on any atom is -0.366 e. The zero-order valence-corrected chi connectivity index (χ0v) is 13.5. The Bertz CT molecular complexity index is 684. The summed E-state index contributed by atoms with van der Waals surface area (Å²) in [6, 6.07) is 14.2. The van der Waals surface area contributed by atoms with E-state index in [1.807, 2.05) is 36.5 Å². The zero-order valence-electron chi connectivity index (χ0n) is 12.8. The Kier molecular flexibility index (Phi) is 5.73. The number of halogens is 1. The van der Waals surface area contributed by atoms with E-state index in [1.165, 1.54) is 0 Å². The van der Waals surface area contributed by atoms with Gasteiger partial charge in [0.05, 0.1) is 0 Å². The van der Waals surface area contributed by atoms with Crippen LogP contribution in [0.5, 0.6) is 0 Å². The van der Waals surface area contributed by atoms with Crippen LogP contribution in [0.2, 0.25) is 5.02 Å². The van der Waals surface area contributed by atoms with Gasteiger partial charge in [-0.1, -0.05) is 23.7 Å². The largest absolute Gasteiger partial charge is 0.366 e. The summed E-state index contributed by atoms with van der Waals surface area (Å²) in [6.07, 6.45) is 0. The van der Waals surface area contributed by atoms with Crippen molar-refractivity contribution in [1.29, 1.82) is 0 Å². The fourth-order valence-electron chi connectivity index (χ4n) is 2.12. The third-order valence-electron chi connectivity index (χ3n) is 3.51. The Balaban J connectivity index is 1.84. The van der Waals surface area contributed by atoms with Crippen LogP contribution in [0, 0.1) is 0 Å². The van der Waals surface area contributed by atoms with Gasteiger partial charge in [-0.3, -0.25) is 9.59 Å². The predicted octanol–water partition coefficient (Wildman–Crippen LogP) is 1.70. The lowest BCUT2D eigenvalue weighted by Crippen LogP contribution is -2.86. The number of carbonyl (C=O) groups is 2. The number of carbonyl (C=O) groups excluding carboxylic acids is 2. The number of anilines is 1. The molecule has 6 heteroatoms. The van der Waals surface area contributed by atoms with Crippen LogP contribution in [0.4, 0.5) is 5.69 Å². The first kappa shape index (κ1) is 17.0. The van der Waals surface area contributed by atoms with Gasteiger partial charge < -0.3 is 16.4 Å². The van der Waals surface area contributed by atoms with E-state index in [1.54, 1.807) is 24.3 Å². The molecular formula is C17H19ClN3O2+. The van der Waals surface area contributed by atoms with E-state index < -0.39 is 5.91 Å². The zero-order chi connectivity index (χ0) is 16.8. The Labute approximate surface area is 139 Å². The molecule has 0 spiro atoms. The van der Waals surface area contributed by atoms with Gasteiger partial charge in [-0.05, 0) is 43.3 Å². The molecule has 0 radical (unpaired) electrons. The van der Waals surface area contributed by atoms with Gasteiger partial charge in [0.2, 0.25) is 5.91 Å². The molecule has 5 N–H and O–H groups in total. The second kappa shape index (κ2) is 7.76. The molecule has 2 amide bonds. The Morgan fingerprint density at radius 2 is 1.74 bits per heavy atom. The van der Waals surface area contributed by atoms with Crippen LogP contribution in [0.15, 0.2) is 48.5 Å². The van der Waals surface area contributed by atoms with E-state index in [-0.39, 0.29) is 11.9 Å². The maximum absolute atomic E-state index is 12.0. The Morgan fingerprint density at radius 1 is 1.13 bits per heavy atom. The number of benzene rings is 2. The van der Waals surface area contributed by atoms with Crippen molar-refractivity contribution in [2.45, 2.75) is 13.0 Å². The highest BCUT2D eigenvalue weighted by Gasteiger charge is 2.11. The minimum atomic E-state index is -0.493. The molecule has 1 atom stereocenters. The summed E-state index contributed by atoms with van der Waals surface area (Å²) in [6.45, 7) is 2.32. The summed E-state index contributed by atoms with van der Waals surface area (Å²) in [5.74, 6) is -0.606. The smallest absolute Gasteiger partial charge is 0.279 e. The second-order valence-electron chi connectivity index (χ2n) is 5.27. The monoisotopic (exact) mass is 332 g/mol. The number of primary amides is 1. The van der Waals surface area contributed by atoms with Crippen LogP contribution in [-0.2, 0) is 4.79 Å². The van der Waals surface area contributed by atoms with Gasteiger partial charge in [-0.2, -0.15) is 0 Å². The number of nitrogens with one attached hydrogen (secondary N) is 1. The van der Waals surface area contributed by atoms with Crippen molar-refractivity contribution in [2.24, 2.45) is 5.73 Å². The van der Waals surface area contributed by atoms with E-state index in [0.29, 0.717) is 22.8 Å². The Morgan fingerprint density at radius 3 is 2.30 bits per heavy atom. The second-order valence-corrected chi connectivity index (χ2v) is 5.71. The van der Waals surface area contributed by atoms with Crippen LogP contribution in [0.25, 0.3) is 0 Å². The predicted molar refractivity (Wildman–Crippen MR) is 90.2 cm³/mol. The van der Waals surface area contributed by atoms with Crippen molar-refractivity contribution in [3.63, 3.8) is 0 Å². The van der Waals surface area contributed by atoms with Crippen molar-refractivity contribution >= 4 is 29.1 Å². The van der Waals surface area contributed by atoms with E-state index in [2.05, 4.69) is 5.32 Å². The third kappa shape index (κ3) is 5.09. The molecule has 23 heavy (non-hydrogen) atoms. The van der Waals surface area contributed by atoms with E-state index in [9.17, 15) is 9.59 Å². The third-order valence-corrected chi connectivity index (χ3v) is 3.76. The summed E-state index contributed by atoms with van der Waals surface area (Å²) in [5, 5.41) is 5.41. The van der Waals surface area contributed by atoms with Crippen LogP contribution in [0.3, 0.4) is 0 Å². The molecule has 0 fully saturated rings. The number of hydrogen-bond acceptors (Lipinski definition) is 2. The summed E-state index contributed by atoms with van der Waals surface area (Å²) in [7, 11) is 0. The van der Waals surface area contributed by atoms with Gasteiger partial charge in [0.25, 0.3) is 5.91 Å². The van der Waals surface area contributed by atoms with Crippen molar-refractivity contribution in [3.05, 3.63) is 64.7 Å². The molecule has 0 unspecified atom stereocenters. The summed E-state index contributed by atoms with van der Waals surface area (Å²) >= 11 is 5.86. The highest BCUT2D eigenvalue weighted by atomic mass is 35.5. The molecule has 0 aliphatic heterocycles. The van der Waals surface area contributed by atoms with Crippen LogP contribution < -0.4 is 16.4 Å². The average molecular weight is 333 g/mol. The normalized spacial score (nSPS) is 11.7. The molecule has 0 bridgehead atoms. The molecule has 0 aromatic heterocycles. The maximum Gasteiger partial charge on any atom is 0.279 e. The lowest BCUT2D eigenvalue weighted by molar-refractivity contribution is -0.682.